The zero-order chi connectivity index (χ0) is 15.9. The zero-order valence-electron chi connectivity index (χ0n) is 10.8. The average Bonchev–Trinajstić information content (AvgIpc) is 2.37. The van der Waals surface area contributed by atoms with E-state index in [9.17, 15) is 26.8 Å². The van der Waals surface area contributed by atoms with Crippen LogP contribution in [0, 0.1) is 11.6 Å². The summed E-state index contributed by atoms with van der Waals surface area (Å²) >= 11 is 0. The largest absolute Gasteiger partial charge is 0.399 e. The van der Waals surface area contributed by atoms with Crippen molar-refractivity contribution >= 4 is 27.5 Å². The molecular formula is C11H11F2N3O4S. The van der Waals surface area contributed by atoms with E-state index in [1.165, 1.54) is 6.92 Å². The Hall–Kier alpha value is -2.07. The summed E-state index contributed by atoms with van der Waals surface area (Å²) in [6.07, 6.45) is 0. The number of benzene rings is 1. The molecule has 3 N–H and O–H groups in total. The second-order valence-corrected chi connectivity index (χ2v) is 6.31. The number of carbonyl (C=O) groups is 2. The Balaban J connectivity index is 2.57. The third kappa shape index (κ3) is 2.59. The Labute approximate surface area is 118 Å². The summed E-state index contributed by atoms with van der Waals surface area (Å²) in [4.78, 5) is 21.8. The minimum atomic E-state index is -4.60. The normalized spacial score (nSPS) is 20.4. The topological polar surface area (TPSA) is 110 Å². The molecule has 0 spiro atoms. The first-order chi connectivity index (χ1) is 9.64. The lowest BCUT2D eigenvalue weighted by Crippen LogP contribution is -2.58. The van der Waals surface area contributed by atoms with Gasteiger partial charge in [0.1, 0.15) is 10.9 Å². The van der Waals surface area contributed by atoms with E-state index in [1.54, 1.807) is 0 Å². The second kappa shape index (κ2) is 5.04. The summed E-state index contributed by atoms with van der Waals surface area (Å²) in [7, 11) is -4.60. The molecular weight excluding hydrogens is 308 g/mol. The van der Waals surface area contributed by atoms with Gasteiger partial charge in [0, 0.05) is 5.69 Å². The molecule has 0 aromatic heterocycles. The maximum atomic E-state index is 13.7. The number of amides is 2. The highest BCUT2D eigenvalue weighted by Crippen LogP contribution is 2.26. The van der Waals surface area contributed by atoms with E-state index in [0.717, 1.165) is 6.07 Å². The van der Waals surface area contributed by atoms with E-state index in [4.69, 9.17) is 5.73 Å². The maximum Gasteiger partial charge on any atom is 0.247 e. The molecule has 1 unspecified atom stereocenters. The smallest absolute Gasteiger partial charge is 0.247 e. The summed E-state index contributed by atoms with van der Waals surface area (Å²) in [5.41, 5.74) is 5.01. The lowest BCUT2D eigenvalue weighted by Gasteiger charge is -2.30. The quantitative estimate of drug-likeness (QED) is 0.568. The zero-order valence-corrected chi connectivity index (χ0v) is 11.6. The number of halogens is 2. The number of piperazine rings is 1. The van der Waals surface area contributed by atoms with Gasteiger partial charge < -0.3 is 5.73 Å². The van der Waals surface area contributed by atoms with Gasteiger partial charge in [0.25, 0.3) is 0 Å². The van der Waals surface area contributed by atoms with Crippen molar-refractivity contribution in [3.63, 3.8) is 0 Å². The van der Waals surface area contributed by atoms with Crippen molar-refractivity contribution < 1.29 is 26.8 Å². The lowest BCUT2D eigenvalue weighted by atomic mass is 10.2. The number of rotatable bonds is 2. The van der Waals surface area contributed by atoms with Crippen molar-refractivity contribution in [2.24, 2.45) is 0 Å². The van der Waals surface area contributed by atoms with E-state index in [0.29, 0.717) is 10.4 Å². The molecule has 10 heteroatoms. The Morgan fingerprint density at radius 3 is 2.57 bits per heavy atom. The third-order valence-corrected chi connectivity index (χ3v) is 4.89. The summed E-state index contributed by atoms with van der Waals surface area (Å²) < 4.78 is 52.2. The van der Waals surface area contributed by atoms with Gasteiger partial charge in [-0.25, -0.2) is 17.2 Å². The Morgan fingerprint density at radius 1 is 1.33 bits per heavy atom. The predicted octanol–water partition coefficient (Wildman–Crippen LogP) is -0.417. The van der Waals surface area contributed by atoms with Crippen LogP contribution >= 0.6 is 0 Å². The van der Waals surface area contributed by atoms with Gasteiger partial charge in [-0.2, -0.15) is 4.31 Å². The van der Waals surface area contributed by atoms with Crippen LogP contribution in [0.15, 0.2) is 17.0 Å². The highest BCUT2D eigenvalue weighted by Gasteiger charge is 2.40. The standard InChI is InChI=1S/C11H11F2N3O4S/c1-5-11(18)15-9(17)4-16(5)21(19,20)8-3-6(14)2-7(12)10(8)13/h2-3,5H,4,14H2,1H3,(H,15,17,18). The number of hydrogen-bond acceptors (Lipinski definition) is 5. The van der Waals surface area contributed by atoms with E-state index < -0.39 is 51.0 Å². The number of carbonyl (C=O) groups excluding carboxylic acids is 2. The van der Waals surface area contributed by atoms with Crippen molar-refractivity contribution in [3.8, 4) is 0 Å². The molecule has 0 aliphatic carbocycles. The molecule has 1 aromatic carbocycles. The summed E-state index contributed by atoms with van der Waals surface area (Å²) in [6.45, 7) is 0.547. The van der Waals surface area contributed by atoms with Gasteiger partial charge in [-0.3, -0.25) is 14.9 Å². The number of hydrogen-bond donors (Lipinski definition) is 2. The van der Waals surface area contributed by atoms with E-state index in [2.05, 4.69) is 0 Å². The molecule has 7 nitrogen and oxygen atoms in total. The van der Waals surface area contributed by atoms with Gasteiger partial charge in [0.15, 0.2) is 11.6 Å². The monoisotopic (exact) mass is 319 g/mol. The molecule has 1 aliphatic rings. The summed E-state index contributed by atoms with van der Waals surface area (Å²) in [6, 6.07) is 0.125. The molecule has 0 saturated carbocycles. The second-order valence-electron chi connectivity index (χ2n) is 4.45. The number of imide groups is 1. The minimum Gasteiger partial charge on any atom is -0.399 e. The van der Waals surface area contributed by atoms with Gasteiger partial charge in [-0.15, -0.1) is 0 Å². The van der Waals surface area contributed by atoms with Gasteiger partial charge in [-0.1, -0.05) is 0 Å². The first-order valence-electron chi connectivity index (χ1n) is 5.74. The molecule has 0 radical (unpaired) electrons. The Bertz CT molecular complexity index is 735. The van der Waals surface area contributed by atoms with Gasteiger partial charge >= 0.3 is 0 Å². The highest BCUT2D eigenvalue weighted by molar-refractivity contribution is 7.89. The van der Waals surface area contributed by atoms with Crippen molar-refractivity contribution in [3.05, 3.63) is 23.8 Å². The average molecular weight is 319 g/mol. The van der Waals surface area contributed by atoms with Crippen LogP contribution in [0.25, 0.3) is 0 Å². The molecule has 2 amide bonds. The number of nitrogens with two attached hydrogens (primary N) is 1. The Kier molecular flexibility index (Phi) is 3.68. The maximum absolute atomic E-state index is 13.7. The van der Waals surface area contributed by atoms with Crippen LogP contribution in [-0.2, 0) is 19.6 Å². The van der Waals surface area contributed by atoms with E-state index in [-0.39, 0.29) is 5.69 Å². The van der Waals surface area contributed by atoms with Crippen LogP contribution < -0.4 is 11.1 Å². The number of nitrogens with one attached hydrogen (secondary N) is 1. The summed E-state index contributed by atoms with van der Waals surface area (Å²) in [5.74, 6) is -4.75. The molecule has 21 heavy (non-hydrogen) atoms. The number of anilines is 1. The number of nitrogen functional groups attached to an aromatic ring is 1. The van der Waals surface area contributed by atoms with Crippen LogP contribution in [0.3, 0.4) is 0 Å². The highest BCUT2D eigenvalue weighted by atomic mass is 32.2. The molecule has 1 aromatic rings. The van der Waals surface area contributed by atoms with Crippen LogP contribution in [0.1, 0.15) is 6.92 Å². The molecule has 1 heterocycles. The van der Waals surface area contributed by atoms with Gasteiger partial charge in [-0.05, 0) is 19.1 Å². The van der Waals surface area contributed by atoms with E-state index >= 15 is 0 Å². The van der Waals surface area contributed by atoms with Crippen LogP contribution in [0.5, 0.6) is 0 Å². The number of nitrogens with zero attached hydrogens (tertiary/aromatic N) is 1. The molecule has 1 fully saturated rings. The molecule has 1 saturated heterocycles. The minimum absolute atomic E-state index is 0.298. The predicted molar refractivity (Wildman–Crippen MR) is 67.3 cm³/mol. The lowest BCUT2D eigenvalue weighted by molar-refractivity contribution is -0.136. The molecule has 114 valence electrons. The van der Waals surface area contributed by atoms with Crippen LogP contribution in [0.4, 0.5) is 14.5 Å². The van der Waals surface area contributed by atoms with Crippen molar-refractivity contribution in [2.75, 3.05) is 12.3 Å². The van der Waals surface area contributed by atoms with Crippen molar-refractivity contribution in [2.45, 2.75) is 17.9 Å². The molecule has 0 bridgehead atoms. The van der Waals surface area contributed by atoms with Gasteiger partial charge in [0.05, 0.1) is 6.54 Å². The van der Waals surface area contributed by atoms with Crippen LogP contribution in [0.2, 0.25) is 0 Å². The first kappa shape index (κ1) is 15.3. The van der Waals surface area contributed by atoms with Gasteiger partial charge in [0.2, 0.25) is 21.8 Å². The van der Waals surface area contributed by atoms with E-state index in [1.807, 2.05) is 5.32 Å². The number of sulfonamides is 1. The molecule has 1 atom stereocenters. The molecule has 2 rings (SSSR count). The fourth-order valence-corrected chi connectivity index (χ4v) is 3.54. The fraction of sp³-hybridized carbons (Fsp3) is 0.273. The molecule has 1 aliphatic heterocycles. The fourth-order valence-electron chi connectivity index (χ4n) is 1.88. The third-order valence-electron chi connectivity index (χ3n) is 2.98. The Morgan fingerprint density at radius 2 is 1.95 bits per heavy atom. The summed E-state index contributed by atoms with van der Waals surface area (Å²) in [5, 5.41) is 1.94. The van der Waals surface area contributed by atoms with Crippen molar-refractivity contribution in [1.82, 2.24) is 9.62 Å². The SMILES string of the molecule is CC1C(=O)NC(=O)CN1S(=O)(=O)c1cc(N)cc(F)c1F. The van der Waals surface area contributed by atoms with Crippen molar-refractivity contribution in [1.29, 1.82) is 0 Å². The van der Waals surface area contributed by atoms with Crippen LogP contribution in [-0.4, -0.2) is 37.1 Å². The first-order valence-corrected chi connectivity index (χ1v) is 7.18.